The Bertz CT molecular complexity index is 628. The van der Waals surface area contributed by atoms with E-state index >= 15 is 0 Å². The van der Waals surface area contributed by atoms with Crippen molar-refractivity contribution in [1.82, 2.24) is 4.98 Å². The highest BCUT2D eigenvalue weighted by atomic mass is 19.1. The number of carbonyl (C=O) groups is 1. The minimum atomic E-state index is -0.294. The van der Waals surface area contributed by atoms with Crippen LogP contribution in [0.2, 0.25) is 0 Å². The quantitative estimate of drug-likeness (QED) is 0.899. The maximum Gasteiger partial charge on any atom is 0.259 e. The fourth-order valence-electron chi connectivity index (χ4n) is 1.82. The molecule has 0 saturated heterocycles. The first-order chi connectivity index (χ1) is 9.61. The van der Waals surface area contributed by atoms with Crippen LogP contribution in [0.4, 0.5) is 15.9 Å². The molecule has 0 spiro atoms. The van der Waals surface area contributed by atoms with Crippen molar-refractivity contribution in [2.75, 3.05) is 17.2 Å². The molecule has 5 heteroatoms. The third-order valence-electron chi connectivity index (χ3n) is 2.81. The Morgan fingerprint density at radius 3 is 2.85 bits per heavy atom. The van der Waals surface area contributed by atoms with Crippen LogP contribution in [0.5, 0.6) is 0 Å². The second-order valence-electron chi connectivity index (χ2n) is 4.35. The smallest absolute Gasteiger partial charge is 0.259 e. The molecule has 2 aromatic rings. The van der Waals surface area contributed by atoms with Crippen LogP contribution in [-0.2, 0) is 0 Å². The number of anilines is 2. The van der Waals surface area contributed by atoms with Crippen molar-refractivity contribution in [3.05, 3.63) is 53.5 Å². The van der Waals surface area contributed by atoms with Gasteiger partial charge in [0.15, 0.2) is 0 Å². The Balaban J connectivity index is 2.21. The maximum atomic E-state index is 13.2. The predicted molar refractivity (Wildman–Crippen MR) is 77.5 cm³/mol. The number of hydrogen-bond donors (Lipinski definition) is 2. The lowest BCUT2D eigenvalue weighted by Gasteiger charge is -2.10. The molecule has 0 saturated carbocycles. The van der Waals surface area contributed by atoms with Gasteiger partial charge in [0.05, 0.1) is 5.56 Å². The number of rotatable bonds is 4. The lowest BCUT2D eigenvalue weighted by Crippen LogP contribution is -2.15. The van der Waals surface area contributed by atoms with Gasteiger partial charge in [0.25, 0.3) is 5.91 Å². The SMILES string of the molecule is CCNc1ncccc1C(=O)Nc1ccc(F)c(C)c1. The fourth-order valence-corrected chi connectivity index (χ4v) is 1.82. The van der Waals surface area contributed by atoms with Gasteiger partial charge in [-0.2, -0.15) is 0 Å². The van der Waals surface area contributed by atoms with Crippen LogP contribution in [-0.4, -0.2) is 17.4 Å². The molecule has 2 rings (SSSR count). The first-order valence-electron chi connectivity index (χ1n) is 6.38. The number of amides is 1. The van der Waals surface area contributed by atoms with E-state index in [-0.39, 0.29) is 11.7 Å². The van der Waals surface area contributed by atoms with E-state index in [1.165, 1.54) is 12.1 Å². The number of benzene rings is 1. The van der Waals surface area contributed by atoms with Crippen LogP contribution in [0.3, 0.4) is 0 Å². The fraction of sp³-hybridized carbons (Fsp3) is 0.200. The van der Waals surface area contributed by atoms with Gasteiger partial charge in [-0.3, -0.25) is 4.79 Å². The molecule has 104 valence electrons. The third-order valence-corrected chi connectivity index (χ3v) is 2.81. The molecule has 1 aromatic heterocycles. The Kier molecular flexibility index (Phi) is 4.30. The van der Waals surface area contributed by atoms with Crippen molar-refractivity contribution in [2.45, 2.75) is 13.8 Å². The van der Waals surface area contributed by atoms with Gasteiger partial charge < -0.3 is 10.6 Å². The van der Waals surface area contributed by atoms with Crippen LogP contribution in [0.25, 0.3) is 0 Å². The summed E-state index contributed by atoms with van der Waals surface area (Å²) in [5.41, 5.74) is 1.50. The Hall–Kier alpha value is -2.43. The van der Waals surface area contributed by atoms with Gasteiger partial charge in [-0.15, -0.1) is 0 Å². The molecule has 0 fully saturated rings. The summed E-state index contributed by atoms with van der Waals surface area (Å²) < 4.78 is 13.2. The van der Waals surface area contributed by atoms with Crippen molar-refractivity contribution in [2.24, 2.45) is 0 Å². The van der Waals surface area contributed by atoms with Crippen molar-refractivity contribution in [1.29, 1.82) is 0 Å². The molecule has 0 aliphatic rings. The van der Waals surface area contributed by atoms with E-state index in [1.54, 1.807) is 31.3 Å². The minimum Gasteiger partial charge on any atom is -0.370 e. The van der Waals surface area contributed by atoms with Gasteiger partial charge in [-0.25, -0.2) is 9.37 Å². The number of pyridine rings is 1. The topological polar surface area (TPSA) is 54.0 Å². The second-order valence-corrected chi connectivity index (χ2v) is 4.35. The summed E-state index contributed by atoms with van der Waals surface area (Å²) in [6, 6.07) is 7.85. The first-order valence-corrected chi connectivity index (χ1v) is 6.38. The second kappa shape index (κ2) is 6.14. The highest BCUT2D eigenvalue weighted by Crippen LogP contribution is 2.17. The van der Waals surface area contributed by atoms with Crippen LogP contribution < -0.4 is 10.6 Å². The molecule has 1 amide bonds. The van der Waals surface area contributed by atoms with E-state index in [4.69, 9.17) is 0 Å². The summed E-state index contributed by atoms with van der Waals surface area (Å²) in [5, 5.41) is 5.77. The highest BCUT2D eigenvalue weighted by molar-refractivity contribution is 6.07. The summed E-state index contributed by atoms with van der Waals surface area (Å²) in [7, 11) is 0. The normalized spacial score (nSPS) is 10.2. The van der Waals surface area contributed by atoms with E-state index in [1.807, 2.05) is 6.92 Å². The molecule has 1 aromatic carbocycles. The van der Waals surface area contributed by atoms with E-state index in [0.717, 1.165) is 0 Å². The average molecular weight is 273 g/mol. The van der Waals surface area contributed by atoms with Crippen LogP contribution >= 0.6 is 0 Å². The van der Waals surface area contributed by atoms with Gasteiger partial charge in [0.2, 0.25) is 0 Å². The number of halogens is 1. The first kappa shape index (κ1) is 14.0. The molecule has 20 heavy (non-hydrogen) atoms. The van der Waals surface area contributed by atoms with E-state index in [0.29, 0.717) is 29.2 Å². The van der Waals surface area contributed by atoms with Crippen molar-refractivity contribution in [3.63, 3.8) is 0 Å². The molecule has 0 aliphatic carbocycles. The number of aryl methyl sites for hydroxylation is 1. The summed E-state index contributed by atoms with van der Waals surface area (Å²) >= 11 is 0. The van der Waals surface area contributed by atoms with Gasteiger partial charge in [-0.05, 0) is 49.7 Å². The summed E-state index contributed by atoms with van der Waals surface area (Å²) in [6.07, 6.45) is 1.62. The number of nitrogens with zero attached hydrogens (tertiary/aromatic N) is 1. The zero-order valence-electron chi connectivity index (χ0n) is 11.4. The largest absolute Gasteiger partial charge is 0.370 e. The summed E-state index contributed by atoms with van der Waals surface area (Å²) in [5.74, 6) is -0.0379. The lowest BCUT2D eigenvalue weighted by molar-refractivity contribution is 0.102. The molecule has 2 N–H and O–H groups in total. The van der Waals surface area contributed by atoms with Gasteiger partial charge >= 0.3 is 0 Å². The monoisotopic (exact) mass is 273 g/mol. The minimum absolute atomic E-state index is 0.278. The molecule has 0 radical (unpaired) electrons. The number of aromatic nitrogens is 1. The predicted octanol–water partition coefficient (Wildman–Crippen LogP) is 3.21. The van der Waals surface area contributed by atoms with Crippen molar-refractivity contribution < 1.29 is 9.18 Å². The number of nitrogens with one attached hydrogen (secondary N) is 2. The Labute approximate surface area is 117 Å². The molecule has 0 unspecified atom stereocenters. The standard InChI is InChI=1S/C15H16FN3O/c1-3-17-14-12(5-4-8-18-14)15(20)19-11-6-7-13(16)10(2)9-11/h4-9H,3H2,1-2H3,(H,17,18)(H,19,20). The van der Waals surface area contributed by atoms with E-state index in [2.05, 4.69) is 15.6 Å². The van der Waals surface area contributed by atoms with Gasteiger partial charge in [0.1, 0.15) is 11.6 Å². The molecular weight excluding hydrogens is 257 g/mol. The summed E-state index contributed by atoms with van der Waals surface area (Å²) in [4.78, 5) is 16.4. The van der Waals surface area contributed by atoms with E-state index < -0.39 is 0 Å². The van der Waals surface area contributed by atoms with Crippen LogP contribution in [0, 0.1) is 12.7 Å². The highest BCUT2D eigenvalue weighted by Gasteiger charge is 2.12. The van der Waals surface area contributed by atoms with Gasteiger partial charge in [0, 0.05) is 18.4 Å². The van der Waals surface area contributed by atoms with E-state index in [9.17, 15) is 9.18 Å². The van der Waals surface area contributed by atoms with Crippen LogP contribution in [0.1, 0.15) is 22.8 Å². The molecule has 0 aliphatic heterocycles. The zero-order valence-corrected chi connectivity index (χ0v) is 11.4. The van der Waals surface area contributed by atoms with Gasteiger partial charge in [-0.1, -0.05) is 0 Å². The Morgan fingerprint density at radius 1 is 1.35 bits per heavy atom. The lowest BCUT2D eigenvalue weighted by atomic mass is 10.2. The van der Waals surface area contributed by atoms with Crippen LogP contribution in [0.15, 0.2) is 36.5 Å². The molecule has 1 heterocycles. The molecule has 4 nitrogen and oxygen atoms in total. The van der Waals surface area contributed by atoms with Crippen molar-refractivity contribution >= 4 is 17.4 Å². The number of hydrogen-bond acceptors (Lipinski definition) is 3. The third kappa shape index (κ3) is 3.12. The summed E-state index contributed by atoms with van der Waals surface area (Å²) in [6.45, 7) is 4.26. The molecule has 0 atom stereocenters. The maximum absolute atomic E-state index is 13.2. The van der Waals surface area contributed by atoms with Crippen molar-refractivity contribution in [3.8, 4) is 0 Å². The molecular formula is C15H16FN3O. The average Bonchev–Trinajstić information content (AvgIpc) is 2.44. The molecule has 0 bridgehead atoms. The Morgan fingerprint density at radius 2 is 2.15 bits per heavy atom. The zero-order chi connectivity index (χ0) is 14.5. The number of carbonyl (C=O) groups excluding carboxylic acids is 1.